The van der Waals surface area contributed by atoms with Gasteiger partial charge in [0.25, 0.3) is 15.9 Å². The molecule has 1 saturated carbocycles. The highest BCUT2D eigenvalue weighted by molar-refractivity contribution is 7.92. The third-order valence-corrected chi connectivity index (χ3v) is 7.72. The van der Waals surface area contributed by atoms with Crippen LogP contribution in [0.3, 0.4) is 0 Å². The molecule has 2 heterocycles. The average molecular weight is 420 g/mol. The maximum Gasteiger partial charge on any atom is 0.366 e. The fourth-order valence-corrected chi connectivity index (χ4v) is 5.38. The number of fused-ring (bicyclic) bond motifs is 1. The number of halogens is 2. The van der Waals surface area contributed by atoms with Gasteiger partial charge in [0, 0.05) is 13.1 Å². The summed E-state index contributed by atoms with van der Waals surface area (Å²) in [5.74, 6) is -2.46. The molecule has 1 aliphatic carbocycles. The lowest BCUT2D eigenvalue weighted by Crippen LogP contribution is -2.41. The lowest BCUT2D eigenvalue weighted by molar-refractivity contribution is 0.0609. The minimum absolute atomic E-state index is 0.0799. The second-order valence-electron chi connectivity index (χ2n) is 7.35. The minimum atomic E-state index is -4.38. The Labute approximate surface area is 163 Å². The summed E-state index contributed by atoms with van der Waals surface area (Å²) in [6.45, 7) is 0. The summed E-state index contributed by atoms with van der Waals surface area (Å²) in [6.07, 6.45) is 1.96. The Balaban J connectivity index is 1.71. The van der Waals surface area contributed by atoms with Crippen LogP contribution in [0.5, 0.6) is 0 Å². The van der Waals surface area contributed by atoms with Crippen molar-refractivity contribution in [2.45, 2.75) is 29.6 Å². The fraction of sp³-hybridized carbons (Fsp3) is 0.263. The van der Waals surface area contributed by atoms with Crippen molar-refractivity contribution in [1.29, 1.82) is 0 Å². The predicted octanol–water partition coefficient (Wildman–Crippen LogP) is 2.77. The van der Waals surface area contributed by atoms with Gasteiger partial charge in [0.15, 0.2) is 0 Å². The summed E-state index contributed by atoms with van der Waals surface area (Å²) in [5.41, 5.74) is -0.616. The Kier molecular flexibility index (Phi) is 3.44. The van der Waals surface area contributed by atoms with E-state index in [9.17, 15) is 26.8 Å². The molecule has 2 aliphatic rings. The molecule has 1 aromatic heterocycles. The number of rotatable bonds is 3. The summed E-state index contributed by atoms with van der Waals surface area (Å²) >= 11 is 0. The second kappa shape index (κ2) is 5.53. The first-order valence-electron chi connectivity index (χ1n) is 8.86. The van der Waals surface area contributed by atoms with Crippen molar-refractivity contribution in [1.82, 2.24) is 4.74 Å². The van der Waals surface area contributed by atoms with Crippen LogP contribution in [0.2, 0.25) is 0 Å². The van der Waals surface area contributed by atoms with Crippen LogP contribution in [-0.4, -0.2) is 26.1 Å². The predicted molar refractivity (Wildman–Crippen MR) is 98.6 cm³/mol. The molecule has 10 heteroatoms. The van der Waals surface area contributed by atoms with Crippen LogP contribution in [0.4, 0.5) is 14.5 Å². The third kappa shape index (κ3) is 2.17. The second-order valence-corrected chi connectivity index (χ2v) is 9.29. The van der Waals surface area contributed by atoms with Gasteiger partial charge in [-0.25, -0.2) is 22.0 Å². The molecule has 1 aliphatic heterocycles. The number of hydrogen-bond donors (Lipinski definition) is 0. The van der Waals surface area contributed by atoms with Crippen molar-refractivity contribution in [2.75, 3.05) is 11.4 Å². The number of hydrogen-bond acceptors (Lipinski definition) is 5. The zero-order valence-electron chi connectivity index (χ0n) is 15.1. The van der Waals surface area contributed by atoms with Crippen molar-refractivity contribution < 1.29 is 26.5 Å². The molecule has 1 spiro atoms. The van der Waals surface area contributed by atoms with E-state index in [2.05, 4.69) is 0 Å². The molecular formula is C19H14F2N2O5S. The Hall–Kier alpha value is -3.01. The molecule has 5 rings (SSSR count). The van der Waals surface area contributed by atoms with Crippen LogP contribution in [0.15, 0.2) is 44.5 Å². The average Bonchev–Trinajstić information content (AvgIpc) is 3.08. The Morgan fingerprint density at radius 1 is 1.14 bits per heavy atom. The van der Waals surface area contributed by atoms with Gasteiger partial charge in [0.05, 0.1) is 16.5 Å². The summed E-state index contributed by atoms with van der Waals surface area (Å²) < 4.78 is 60.1. The maximum atomic E-state index is 14.1. The highest BCUT2D eigenvalue weighted by Crippen LogP contribution is 2.52. The monoisotopic (exact) mass is 420 g/mol. The molecule has 150 valence electrons. The van der Waals surface area contributed by atoms with Crippen LogP contribution in [-0.2, 0) is 15.4 Å². The maximum absolute atomic E-state index is 14.1. The first-order valence-corrected chi connectivity index (χ1v) is 10.3. The van der Waals surface area contributed by atoms with Gasteiger partial charge in [-0.2, -0.15) is 0 Å². The number of anilines is 1. The molecule has 0 unspecified atom stereocenters. The highest BCUT2D eigenvalue weighted by Gasteiger charge is 2.54. The van der Waals surface area contributed by atoms with E-state index in [0.717, 1.165) is 27.6 Å². The first kappa shape index (κ1) is 18.0. The van der Waals surface area contributed by atoms with Crippen molar-refractivity contribution in [3.63, 3.8) is 0 Å². The Bertz CT molecular complexity index is 1390. The topological polar surface area (TPSA) is 89.6 Å². The molecule has 1 fully saturated rings. The molecule has 0 N–H and O–H groups in total. The lowest BCUT2D eigenvalue weighted by Gasteiger charge is -2.36. The standard InChI is InChI=1S/C19H14F2N2O5S/c1-22(29(26,27)15-4-3-10(20)7-14(15)21)11-8-12-16-13(9-11)19(5-2-6-19)18(25)23(16)28-17(12)24/h3-4,7-9H,2,5-6H2,1H3. The smallest absolute Gasteiger partial charge is 0.328 e. The van der Waals surface area contributed by atoms with Gasteiger partial charge in [-0.3, -0.25) is 9.10 Å². The Morgan fingerprint density at radius 2 is 1.86 bits per heavy atom. The Morgan fingerprint density at radius 3 is 2.48 bits per heavy atom. The number of nitrogens with zero attached hydrogens (tertiary/aromatic N) is 2. The van der Waals surface area contributed by atoms with E-state index in [-0.39, 0.29) is 17.0 Å². The summed E-state index contributed by atoms with van der Waals surface area (Å²) in [7, 11) is -3.18. The van der Waals surface area contributed by atoms with Crippen LogP contribution in [0.25, 0.3) is 10.9 Å². The number of carbonyl (C=O) groups excluding carboxylic acids is 1. The van der Waals surface area contributed by atoms with Crippen LogP contribution < -0.4 is 9.93 Å². The molecule has 29 heavy (non-hydrogen) atoms. The van der Waals surface area contributed by atoms with Gasteiger partial charge in [0.2, 0.25) is 0 Å². The van der Waals surface area contributed by atoms with E-state index < -0.39 is 37.6 Å². The zero-order valence-corrected chi connectivity index (χ0v) is 15.9. The molecule has 0 amide bonds. The molecule has 0 saturated heterocycles. The number of carbonyl (C=O) groups is 1. The summed E-state index contributed by atoms with van der Waals surface area (Å²) in [6, 6.07) is 5.00. The molecule has 7 nitrogen and oxygen atoms in total. The van der Waals surface area contributed by atoms with E-state index >= 15 is 0 Å². The fourth-order valence-electron chi connectivity index (χ4n) is 4.15. The third-order valence-electron chi connectivity index (χ3n) is 5.90. The zero-order chi connectivity index (χ0) is 20.7. The molecule has 3 aromatic rings. The molecule has 2 aromatic carbocycles. The molecule has 0 atom stereocenters. The summed E-state index contributed by atoms with van der Waals surface area (Å²) in [4.78, 5) is 24.3. The van der Waals surface area contributed by atoms with E-state index in [1.54, 1.807) is 0 Å². The number of sulfonamides is 1. The molecule has 0 radical (unpaired) electrons. The van der Waals surface area contributed by atoms with Crippen molar-refractivity contribution in [3.05, 3.63) is 57.9 Å². The van der Waals surface area contributed by atoms with Crippen molar-refractivity contribution >= 4 is 32.5 Å². The van der Waals surface area contributed by atoms with Gasteiger partial charge in [-0.1, -0.05) is 6.42 Å². The van der Waals surface area contributed by atoms with Gasteiger partial charge in [-0.15, -0.1) is 4.74 Å². The summed E-state index contributed by atoms with van der Waals surface area (Å²) in [5, 5.41) is 0.0799. The SMILES string of the molecule is CN(c1cc2c3c(c1)c(=O)on3C(=O)C21CCC1)S(=O)(=O)c1ccc(F)cc1F. The van der Waals surface area contributed by atoms with E-state index in [1.165, 1.54) is 19.2 Å². The lowest BCUT2D eigenvalue weighted by atomic mass is 9.65. The van der Waals surface area contributed by atoms with E-state index in [0.29, 0.717) is 30.0 Å². The van der Waals surface area contributed by atoms with Crippen molar-refractivity contribution in [3.8, 4) is 0 Å². The van der Waals surface area contributed by atoms with Gasteiger partial charge in [0.1, 0.15) is 22.0 Å². The van der Waals surface area contributed by atoms with Gasteiger partial charge < -0.3 is 4.52 Å². The normalized spacial score (nSPS) is 17.1. The van der Waals surface area contributed by atoms with E-state index in [4.69, 9.17) is 4.52 Å². The highest BCUT2D eigenvalue weighted by atomic mass is 32.2. The first-order chi connectivity index (χ1) is 13.7. The van der Waals surface area contributed by atoms with Crippen LogP contribution in [0.1, 0.15) is 29.6 Å². The van der Waals surface area contributed by atoms with Crippen molar-refractivity contribution in [2.24, 2.45) is 0 Å². The van der Waals surface area contributed by atoms with Gasteiger partial charge in [-0.05, 0) is 42.7 Å². The number of benzene rings is 2. The quantitative estimate of drug-likeness (QED) is 0.650. The number of aromatic nitrogens is 1. The van der Waals surface area contributed by atoms with Gasteiger partial charge >= 0.3 is 5.63 Å². The van der Waals surface area contributed by atoms with Crippen LogP contribution in [0, 0.1) is 11.6 Å². The minimum Gasteiger partial charge on any atom is -0.328 e. The van der Waals surface area contributed by atoms with Crippen LogP contribution >= 0.6 is 0 Å². The molecular weight excluding hydrogens is 406 g/mol. The molecule has 0 bridgehead atoms. The van der Waals surface area contributed by atoms with E-state index in [1.807, 2.05) is 0 Å². The largest absolute Gasteiger partial charge is 0.366 e.